The van der Waals surface area contributed by atoms with Gasteiger partial charge in [-0.15, -0.1) is 10.1 Å². The van der Waals surface area contributed by atoms with Crippen LogP contribution < -0.4 is 11.1 Å². The standard InChI is InChI=1S/C7H15N3O4.C4H4O4/c1-7(2,5-14-10(12)13)6(11)9-4-3-8;5-3(6)1-2-4(7)8/h3-5,8H2,1-2H3,(H,9,11);1-2H,(H,5,6)(H,7,8). The van der Waals surface area contributed by atoms with Gasteiger partial charge in [-0.05, 0) is 13.8 Å². The fourth-order valence-corrected chi connectivity index (χ4v) is 0.847. The van der Waals surface area contributed by atoms with Crippen molar-refractivity contribution in [1.29, 1.82) is 0 Å². The number of hydrogen-bond acceptors (Lipinski definition) is 7. The Balaban J connectivity index is 0. The second-order valence-electron chi connectivity index (χ2n) is 4.44. The van der Waals surface area contributed by atoms with Crippen LogP contribution in [-0.4, -0.2) is 52.8 Å². The van der Waals surface area contributed by atoms with Crippen LogP contribution in [0.5, 0.6) is 0 Å². The van der Waals surface area contributed by atoms with Gasteiger partial charge in [0.2, 0.25) is 5.91 Å². The van der Waals surface area contributed by atoms with Crippen LogP contribution in [0.2, 0.25) is 0 Å². The van der Waals surface area contributed by atoms with Gasteiger partial charge in [0.15, 0.2) is 0 Å². The lowest BCUT2D eigenvalue weighted by Gasteiger charge is -2.21. The zero-order valence-corrected chi connectivity index (χ0v) is 12.1. The lowest BCUT2D eigenvalue weighted by atomic mass is 9.94. The molecule has 0 spiro atoms. The van der Waals surface area contributed by atoms with E-state index in [-0.39, 0.29) is 12.5 Å². The van der Waals surface area contributed by atoms with E-state index in [0.717, 1.165) is 0 Å². The lowest BCUT2D eigenvalue weighted by Crippen LogP contribution is -2.42. The third-order valence-corrected chi connectivity index (χ3v) is 1.94. The number of carbonyl (C=O) groups is 3. The van der Waals surface area contributed by atoms with Crippen molar-refractivity contribution in [1.82, 2.24) is 5.32 Å². The molecule has 0 saturated carbocycles. The first-order valence-corrected chi connectivity index (χ1v) is 5.92. The molecule has 0 rings (SSSR count). The average Bonchev–Trinajstić information content (AvgIpc) is 2.41. The number of rotatable bonds is 8. The summed E-state index contributed by atoms with van der Waals surface area (Å²) in [5.74, 6) is -2.83. The Morgan fingerprint density at radius 2 is 1.73 bits per heavy atom. The summed E-state index contributed by atoms with van der Waals surface area (Å²) in [4.78, 5) is 44.5. The molecule has 1 amide bonds. The molecule has 0 radical (unpaired) electrons. The number of nitrogens with zero attached hydrogens (tertiary/aromatic N) is 1. The van der Waals surface area contributed by atoms with E-state index in [9.17, 15) is 24.5 Å². The molecular formula is C11H19N3O8. The Morgan fingerprint density at radius 1 is 1.27 bits per heavy atom. The second-order valence-corrected chi connectivity index (χ2v) is 4.44. The lowest BCUT2D eigenvalue weighted by molar-refractivity contribution is -0.760. The molecule has 5 N–H and O–H groups in total. The van der Waals surface area contributed by atoms with E-state index < -0.39 is 22.4 Å². The predicted octanol–water partition coefficient (Wildman–Crippen LogP) is -0.992. The van der Waals surface area contributed by atoms with E-state index in [1.165, 1.54) is 0 Å². The molecule has 0 aliphatic rings. The fraction of sp³-hybridized carbons (Fsp3) is 0.545. The topological polar surface area (TPSA) is 182 Å². The molecule has 0 unspecified atom stereocenters. The van der Waals surface area contributed by atoms with Crippen molar-refractivity contribution in [2.24, 2.45) is 11.1 Å². The zero-order chi connectivity index (χ0) is 17.8. The van der Waals surface area contributed by atoms with E-state index in [0.29, 0.717) is 25.2 Å². The summed E-state index contributed by atoms with van der Waals surface area (Å²) >= 11 is 0. The molecule has 0 aromatic heterocycles. The van der Waals surface area contributed by atoms with Crippen molar-refractivity contribution in [2.75, 3.05) is 19.7 Å². The number of hydrogen-bond donors (Lipinski definition) is 4. The van der Waals surface area contributed by atoms with Gasteiger partial charge in [0, 0.05) is 25.2 Å². The fourth-order valence-electron chi connectivity index (χ4n) is 0.847. The molecule has 0 aromatic rings. The molecule has 0 atom stereocenters. The maximum absolute atomic E-state index is 11.4. The quantitative estimate of drug-likeness (QED) is 0.247. The van der Waals surface area contributed by atoms with Crippen LogP contribution in [0.15, 0.2) is 12.2 Å². The number of aliphatic carboxylic acids is 2. The highest BCUT2D eigenvalue weighted by molar-refractivity contribution is 5.89. The van der Waals surface area contributed by atoms with E-state index in [1.54, 1.807) is 13.8 Å². The summed E-state index contributed by atoms with van der Waals surface area (Å²) in [6, 6.07) is 0. The minimum Gasteiger partial charge on any atom is -0.478 e. The largest absolute Gasteiger partial charge is 0.478 e. The summed E-state index contributed by atoms with van der Waals surface area (Å²) in [5.41, 5.74) is 4.26. The van der Waals surface area contributed by atoms with Crippen LogP contribution in [-0.2, 0) is 19.2 Å². The smallest absolute Gasteiger partial charge is 0.328 e. The number of nitrogens with one attached hydrogen (secondary N) is 1. The normalized spacial score (nSPS) is 10.3. The SMILES string of the molecule is CC(C)(CO[N+](=O)[O-])C(=O)NCCN.O=C(O)C=CC(=O)O. The van der Waals surface area contributed by atoms with Crippen LogP contribution in [0.1, 0.15) is 13.8 Å². The van der Waals surface area contributed by atoms with Crippen LogP contribution in [0.4, 0.5) is 0 Å². The third-order valence-electron chi connectivity index (χ3n) is 1.94. The summed E-state index contributed by atoms with van der Waals surface area (Å²) in [7, 11) is 0. The summed E-state index contributed by atoms with van der Waals surface area (Å²) in [5, 5.41) is 27.1. The van der Waals surface area contributed by atoms with Crippen molar-refractivity contribution in [3.05, 3.63) is 22.3 Å². The highest BCUT2D eigenvalue weighted by Crippen LogP contribution is 2.15. The van der Waals surface area contributed by atoms with Crippen molar-refractivity contribution >= 4 is 17.8 Å². The van der Waals surface area contributed by atoms with Gasteiger partial charge in [0.1, 0.15) is 6.61 Å². The van der Waals surface area contributed by atoms with Gasteiger partial charge in [0.25, 0.3) is 5.09 Å². The molecule has 0 aliphatic heterocycles. The monoisotopic (exact) mass is 321 g/mol. The number of carboxylic acid groups (broad SMARTS) is 2. The number of nitrogens with two attached hydrogens (primary N) is 1. The average molecular weight is 321 g/mol. The van der Waals surface area contributed by atoms with Crippen LogP contribution in [0, 0.1) is 15.5 Å². The van der Waals surface area contributed by atoms with Gasteiger partial charge in [-0.3, -0.25) is 4.79 Å². The van der Waals surface area contributed by atoms with Gasteiger partial charge in [-0.2, -0.15) is 0 Å². The van der Waals surface area contributed by atoms with Crippen LogP contribution in [0.3, 0.4) is 0 Å². The van der Waals surface area contributed by atoms with Crippen molar-refractivity contribution in [2.45, 2.75) is 13.8 Å². The van der Waals surface area contributed by atoms with Crippen LogP contribution in [0.25, 0.3) is 0 Å². The Labute approximate surface area is 125 Å². The molecular weight excluding hydrogens is 302 g/mol. The number of carbonyl (C=O) groups excluding carboxylic acids is 1. The first-order valence-electron chi connectivity index (χ1n) is 5.92. The molecule has 0 aliphatic carbocycles. The molecule has 0 saturated heterocycles. The Hall–Kier alpha value is -2.69. The Bertz CT molecular complexity index is 417. The summed E-state index contributed by atoms with van der Waals surface area (Å²) in [6.45, 7) is 3.53. The highest BCUT2D eigenvalue weighted by Gasteiger charge is 2.28. The number of amides is 1. The molecule has 0 fully saturated rings. The molecule has 22 heavy (non-hydrogen) atoms. The molecule has 0 heterocycles. The van der Waals surface area contributed by atoms with Gasteiger partial charge < -0.3 is 26.1 Å². The first-order chi connectivity index (χ1) is 10.0. The molecule has 11 heteroatoms. The van der Waals surface area contributed by atoms with E-state index in [4.69, 9.17) is 15.9 Å². The molecule has 0 bridgehead atoms. The van der Waals surface area contributed by atoms with Crippen molar-refractivity contribution in [3.63, 3.8) is 0 Å². The van der Waals surface area contributed by atoms with Gasteiger partial charge in [0.05, 0.1) is 5.41 Å². The van der Waals surface area contributed by atoms with E-state index in [2.05, 4.69) is 10.2 Å². The summed E-state index contributed by atoms with van der Waals surface area (Å²) in [6.07, 6.45) is 1.12. The summed E-state index contributed by atoms with van der Waals surface area (Å²) < 4.78 is 0. The van der Waals surface area contributed by atoms with Crippen molar-refractivity contribution < 1.29 is 34.5 Å². The first kappa shape index (κ1) is 21.6. The Kier molecular flexibility index (Phi) is 10.8. The minimum atomic E-state index is -1.26. The van der Waals surface area contributed by atoms with Gasteiger partial charge >= 0.3 is 11.9 Å². The maximum atomic E-state index is 11.4. The van der Waals surface area contributed by atoms with Crippen molar-refractivity contribution in [3.8, 4) is 0 Å². The minimum absolute atomic E-state index is 0.267. The van der Waals surface area contributed by atoms with Gasteiger partial charge in [-0.25, -0.2) is 9.59 Å². The molecule has 11 nitrogen and oxygen atoms in total. The van der Waals surface area contributed by atoms with Crippen LogP contribution >= 0.6 is 0 Å². The Morgan fingerprint density at radius 3 is 2.05 bits per heavy atom. The zero-order valence-electron chi connectivity index (χ0n) is 12.1. The number of carboxylic acids is 2. The molecule has 0 aromatic carbocycles. The van der Waals surface area contributed by atoms with E-state index >= 15 is 0 Å². The van der Waals surface area contributed by atoms with Gasteiger partial charge in [-0.1, -0.05) is 0 Å². The predicted molar refractivity (Wildman–Crippen MR) is 73.2 cm³/mol. The molecule has 126 valence electrons. The second kappa shape index (κ2) is 11.0. The highest BCUT2D eigenvalue weighted by atomic mass is 16.9. The van der Waals surface area contributed by atoms with E-state index in [1.807, 2.05) is 0 Å². The maximum Gasteiger partial charge on any atom is 0.328 e. The third kappa shape index (κ3) is 13.7.